The first-order chi connectivity index (χ1) is 7.43. The van der Waals surface area contributed by atoms with Crippen LogP contribution in [0.1, 0.15) is 16.8 Å². The van der Waals surface area contributed by atoms with E-state index in [0.717, 1.165) is 6.07 Å². The first-order valence-electron chi connectivity index (χ1n) is 4.91. The van der Waals surface area contributed by atoms with Crippen LogP contribution in [-0.2, 0) is 0 Å². The number of hydrogen-bond donors (Lipinski definition) is 1. The van der Waals surface area contributed by atoms with Gasteiger partial charge in [0.2, 0.25) is 0 Å². The van der Waals surface area contributed by atoms with Gasteiger partial charge in [-0.25, -0.2) is 8.78 Å². The summed E-state index contributed by atoms with van der Waals surface area (Å²) in [6, 6.07) is 1.09. The van der Waals surface area contributed by atoms with E-state index in [1.807, 2.05) is 0 Å². The minimum Gasteiger partial charge on any atom is -0.356 e. The van der Waals surface area contributed by atoms with Crippen LogP contribution in [0.4, 0.5) is 8.78 Å². The number of H-pyrrole nitrogens is 1. The van der Waals surface area contributed by atoms with Gasteiger partial charge in [0.25, 0.3) is 0 Å². The van der Waals surface area contributed by atoms with E-state index in [1.165, 1.54) is 6.92 Å². The minimum atomic E-state index is -0.652. The molecule has 2 rings (SSSR count). The summed E-state index contributed by atoms with van der Waals surface area (Å²) in [6.45, 7) is 4.69. The molecule has 0 unspecified atom stereocenters. The summed E-state index contributed by atoms with van der Waals surface area (Å²) in [4.78, 5) is 14.6. The van der Waals surface area contributed by atoms with Crippen molar-refractivity contribution in [2.24, 2.45) is 0 Å². The van der Waals surface area contributed by atoms with E-state index in [-0.39, 0.29) is 16.5 Å². The Hall–Kier alpha value is -1.71. The molecule has 4 heteroatoms. The maximum atomic E-state index is 13.8. The number of pyridine rings is 1. The van der Waals surface area contributed by atoms with Crippen molar-refractivity contribution in [1.29, 1.82) is 0 Å². The number of aromatic nitrogens is 1. The molecule has 0 bridgehead atoms. The van der Waals surface area contributed by atoms with Gasteiger partial charge in [0.15, 0.2) is 5.43 Å². The van der Waals surface area contributed by atoms with Crippen LogP contribution in [0.3, 0.4) is 0 Å². The van der Waals surface area contributed by atoms with Gasteiger partial charge >= 0.3 is 0 Å². The topological polar surface area (TPSA) is 32.9 Å². The van der Waals surface area contributed by atoms with Crippen LogP contribution in [0.25, 0.3) is 10.9 Å². The number of rotatable bonds is 0. The molecule has 0 atom stereocenters. The Kier molecular flexibility index (Phi) is 2.30. The summed E-state index contributed by atoms with van der Waals surface area (Å²) in [5.74, 6) is -1.25. The van der Waals surface area contributed by atoms with Crippen molar-refractivity contribution in [2.75, 3.05) is 0 Å². The molecule has 84 valence electrons. The maximum Gasteiger partial charge on any atom is 0.195 e. The first-order valence-corrected chi connectivity index (χ1v) is 4.91. The van der Waals surface area contributed by atoms with Crippen molar-refractivity contribution in [1.82, 2.24) is 4.98 Å². The molecule has 0 fully saturated rings. The van der Waals surface area contributed by atoms with Crippen LogP contribution in [0.5, 0.6) is 0 Å². The molecule has 2 nitrogen and oxygen atoms in total. The number of hydrogen-bond acceptors (Lipinski definition) is 1. The van der Waals surface area contributed by atoms with E-state index in [9.17, 15) is 13.6 Å². The third-order valence-electron chi connectivity index (χ3n) is 2.84. The zero-order valence-corrected chi connectivity index (χ0v) is 9.24. The van der Waals surface area contributed by atoms with Gasteiger partial charge in [0, 0.05) is 11.3 Å². The van der Waals surface area contributed by atoms with Crippen molar-refractivity contribution in [3.05, 3.63) is 44.7 Å². The Bertz CT molecular complexity index is 644. The molecule has 0 saturated carbocycles. The molecule has 0 spiro atoms. The van der Waals surface area contributed by atoms with Crippen LogP contribution in [0.2, 0.25) is 0 Å². The zero-order chi connectivity index (χ0) is 12.0. The van der Waals surface area contributed by atoms with Gasteiger partial charge in [-0.1, -0.05) is 0 Å². The Morgan fingerprint density at radius 1 is 1.19 bits per heavy atom. The van der Waals surface area contributed by atoms with Crippen molar-refractivity contribution < 1.29 is 8.78 Å². The molecular formula is C12H11F2NO. The van der Waals surface area contributed by atoms with Crippen molar-refractivity contribution >= 4 is 10.9 Å². The molecule has 0 amide bonds. The second kappa shape index (κ2) is 3.40. The lowest BCUT2D eigenvalue weighted by molar-refractivity contribution is 0.606. The summed E-state index contributed by atoms with van der Waals surface area (Å²) in [5.41, 5.74) is 0.595. The van der Waals surface area contributed by atoms with E-state index < -0.39 is 17.1 Å². The van der Waals surface area contributed by atoms with Gasteiger partial charge in [-0.05, 0) is 32.4 Å². The average Bonchev–Trinajstić information content (AvgIpc) is 2.22. The molecule has 0 aliphatic carbocycles. The molecule has 1 N–H and O–H groups in total. The molecule has 0 aliphatic heterocycles. The smallest absolute Gasteiger partial charge is 0.195 e. The fraction of sp³-hybridized carbons (Fsp3) is 0.250. The molecule has 1 aromatic carbocycles. The number of nitrogens with one attached hydrogen (secondary N) is 1. The zero-order valence-electron chi connectivity index (χ0n) is 9.24. The van der Waals surface area contributed by atoms with E-state index in [1.54, 1.807) is 13.8 Å². The standard InChI is InChI=1S/C12H11F2NO/c1-5-4-8(13)11-9(10(5)14)12(16)6(2)7(3)15-11/h4H,1-3H3,(H,15,16). The van der Waals surface area contributed by atoms with Gasteiger partial charge < -0.3 is 4.98 Å². The van der Waals surface area contributed by atoms with Crippen molar-refractivity contribution in [3.63, 3.8) is 0 Å². The fourth-order valence-corrected chi connectivity index (χ4v) is 1.73. The second-order valence-corrected chi connectivity index (χ2v) is 3.94. The summed E-state index contributed by atoms with van der Waals surface area (Å²) >= 11 is 0. The highest BCUT2D eigenvalue weighted by molar-refractivity contribution is 5.81. The van der Waals surface area contributed by atoms with E-state index in [0.29, 0.717) is 11.3 Å². The Labute approximate surface area is 90.9 Å². The summed E-state index contributed by atoms with van der Waals surface area (Å²) in [5, 5.41) is -0.194. The predicted octanol–water partition coefficient (Wildman–Crippen LogP) is 2.73. The summed E-state index contributed by atoms with van der Waals surface area (Å²) in [6.07, 6.45) is 0. The first kappa shape index (κ1) is 10.8. The van der Waals surface area contributed by atoms with Crippen LogP contribution in [0.15, 0.2) is 10.9 Å². The van der Waals surface area contributed by atoms with Gasteiger partial charge in [0.05, 0.1) is 10.9 Å². The SMILES string of the molecule is Cc1cc(F)c2[nH]c(C)c(C)c(=O)c2c1F. The Morgan fingerprint density at radius 2 is 1.81 bits per heavy atom. The highest BCUT2D eigenvalue weighted by atomic mass is 19.1. The lowest BCUT2D eigenvalue weighted by Crippen LogP contribution is -2.13. The van der Waals surface area contributed by atoms with E-state index in [2.05, 4.69) is 4.98 Å². The molecule has 0 aliphatic rings. The average molecular weight is 223 g/mol. The van der Waals surface area contributed by atoms with Crippen LogP contribution in [0, 0.1) is 32.4 Å². The third kappa shape index (κ3) is 1.33. The highest BCUT2D eigenvalue weighted by Crippen LogP contribution is 2.20. The number of halogens is 2. The Morgan fingerprint density at radius 3 is 2.44 bits per heavy atom. The second-order valence-electron chi connectivity index (χ2n) is 3.94. The lowest BCUT2D eigenvalue weighted by atomic mass is 10.1. The largest absolute Gasteiger partial charge is 0.356 e. The van der Waals surface area contributed by atoms with Crippen LogP contribution >= 0.6 is 0 Å². The monoisotopic (exact) mass is 223 g/mol. The van der Waals surface area contributed by atoms with Gasteiger partial charge in [0.1, 0.15) is 11.6 Å². The molecular weight excluding hydrogens is 212 g/mol. The maximum absolute atomic E-state index is 13.8. The molecule has 16 heavy (non-hydrogen) atoms. The summed E-state index contributed by atoms with van der Waals surface area (Å²) in [7, 11) is 0. The van der Waals surface area contributed by atoms with Gasteiger partial charge in [-0.3, -0.25) is 4.79 Å². The third-order valence-corrected chi connectivity index (χ3v) is 2.84. The Balaban J connectivity index is 3.14. The highest BCUT2D eigenvalue weighted by Gasteiger charge is 2.15. The van der Waals surface area contributed by atoms with E-state index in [4.69, 9.17) is 0 Å². The molecule has 1 heterocycles. The molecule has 0 saturated heterocycles. The fourth-order valence-electron chi connectivity index (χ4n) is 1.73. The van der Waals surface area contributed by atoms with Crippen molar-refractivity contribution in [3.8, 4) is 0 Å². The van der Waals surface area contributed by atoms with Crippen LogP contribution in [-0.4, -0.2) is 4.98 Å². The summed E-state index contributed by atoms with van der Waals surface area (Å²) < 4.78 is 27.3. The number of aryl methyl sites for hydroxylation is 2. The normalized spacial score (nSPS) is 11.1. The number of fused-ring (bicyclic) bond motifs is 1. The van der Waals surface area contributed by atoms with Gasteiger partial charge in [-0.15, -0.1) is 0 Å². The number of benzene rings is 1. The number of aromatic amines is 1. The van der Waals surface area contributed by atoms with Gasteiger partial charge in [-0.2, -0.15) is 0 Å². The predicted molar refractivity (Wildman–Crippen MR) is 58.7 cm³/mol. The molecule has 0 radical (unpaired) electrons. The van der Waals surface area contributed by atoms with Crippen molar-refractivity contribution in [2.45, 2.75) is 20.8 Å². The quantitative estimate of drug-likeness (QED) is 0.731. The molecule has 1 aromatic heterocycles. The molecule has 2 aromatic rings. The minimum absolute atomic E-state index is 0.0591. The lowest BCUT2D eigenvalue weighted by Gasteiger charge is -2.07. The van der Waals surface area contributed by atoms with Crippen LogP contribution < -0.4 is 5.43 Å². The van der Waals surface area contributed by atoms with E-state index >= 15 is 0 Å².